The highest BCUT2D eigenvalue weighted by atomic mass is 19.1. The molecule has 0 aliphatic carbocycles. The van der Waals surface area contributed by atoms with Crippen molar-refractivity contribution in [3.63, 3.8) is 0 Å². The molecule has 0 radical (unpaired) electrons. The highest BCUT2D eigenvalue weighted by molar-refractivity contribution is 5.97. The van der Waals surface area contributed by atoms with Crippen LogP contribution in [-0.2, 0) is 9.53 Å². The number of carbonyl (C=O) groups is 2. The van der Waals surface area contributed by atoms with Crippen LogP contribution in [0.2, 0.25) is 0 Å². The summed E-state index contributed by atoms with van der Waals surface area (Å²) in [5.41, 5.74) is 0.946. The Morgan fingerprint density at radius 1 is 1.08 bits per heavy atom. The van der Waals surface area contributed by atoms with Gasteiger partial charge >= 0.3 is 5.97 Å². The molecule has 0 aliphatic rings. The van der Waals surface area contributed by atoms with Gasteiger partial charge in [0.15, 0.2) is 0 Å². The minimum atomic E-state index is -0.643. The summed E-state index contributed by atoms with van der Waals surface area (Å²) in [7, 11) is 2.74. The topological polar surface area (TPSA) is 64.6 Å². The first kappa shape index (κ1) is 17.5. The second-order valence-electron chi connectivity index (χ2n) is 5.06. The zero-order valence-electron chi connectivity index (χ0n) is 13.4. The van der Waals surface area contributed by atoms with Gasteiger partial charge in [0.1, 0.15) is 11.6 Å². The lowest BCUT2D eigenvalue weighted by Crippen LogP contribution is -2.30. The van der Waals surface area contributed by atoms with Gasteiger partial charge in [0.25, 0.3) is 5.91 Å². The Hall–Kier alpha value is -2.89. The van der Waals surface area contributed by atoms with Crippen LogP contribution in [0.4, 0.5) is 4.39 Å². The normalized spacial score (nSPS) is 11.5. The molecule has 0 bridgehead atoms. The number of nitrogens with one attached hydrogen (secondary N) is 1. The number of ether oxygens (including phenoxy) is 2. The molecule has 0 saturated heterocycles. The van der Waals surface area contributed by atoms with Crippen LogP contribution in [0.1, 0.15) is 28.4 Å². The van der Waals surface area contributed by atoms with E-state index in [2.05, 4.69) is 10.1 Å². The second-order valence-corrected chi connectivity index (χ2v) is 5.06. The second kappa shape index (κ2) is 8.10. The van der Waals surface area contributed by atoms with E-state index in [-0.39, 0.29) is 6.42 Å². The maximum absolute atomic E-state index is 13.1. The number of esters is 1. The number of rotatable bonds is 6. The molecule has 5 nitrogen and oxygen atoms in total. The van der Waals surface area contributed by atoms with Crippen LogP contribution in [0.25, 0.3) is 0 Å². The highest BCUT2D eigenvalue weighted by Gasteiger charge is 2.21. The Kier molecular flexibility index (Phi) is 5.89. The van der Waals surface area contributed by atoms with Crippen LogP contribution in [-0.4, -0.2) is 26.1 Å². The average molecular weight is 331 g/mol. The molecule has 0 saturated carbocycles. The van der Waals surface area contributed by atoms with E-state index >= 15 is 0 Å². The van der Waals surface area contributed by atoms with Crippen molar-refractivity contribution in [3.8, 4) is 5.75 Å². The van der Waals surface area contributed by atoms with Crippen molar-refractivity contribution in [1.29, 1.82) is 0 Å². The molecule has 0 heterocycles. The molecule has 1 amide bonds. The maximum atomic E-state index is 13.1. The molecule has 2 rings (SSSR count). The van der Waals surface area contributed by atoms with Crippen molar-refractivity contribution in [2.45, 2.75) is 12.5 Å². The van der Waals surface area contributed by atoms with E-state index < -0.39 is 23.7 Å². The Balaban J connectivity index is 2.25. The van der Waals surface area contributed by atoms with Gasteiger partial charge in [0.2, 0.25) is 0 Å². The molecule has 0 fully saturated rings. The molecule has 126 valence electrons. The van der Waals surface area contributed by atoms with Crippen molar-refractivity contribution in [2.75, 3.05) is 14.2 Å². The van der Waals surface area contributed by atoms with Gasteiger partial charge in [0.05, 0.1) is 32.2 Å². The smallest absolute Gasteiger partial charge is 0.307 e. The van der Waals surface area contributed by atoms with Crippen molar-refractivity contribution < 1.29 is 23.5 Å². The third kappa shape index (κ3) is 4.32. The van der Waals surface area contributed by atoms with Gasteiger partial charge in [-0.25, -0.2) is 4.39 Å². The zero-order chi connectivity index (χ0) is 17.5. The standard InChI is InChI=1S/C18H18FNO4/c1-23-16-6-4-3-5-14(16)18(22)20-15(11-17(21)24-2)12-7-9-13(19)10-8-12/h3-10,15H,11H2,1-2H3,(H,20,22)/t15-/m0/s1. The van der Waals surface area contributed by atoms with E-state index in [4.69, 9.17) is 4.74 Å². The van der Waals surface area contributed by atoms with Crippen molar-refractivity contribution in [3.05, 3.63) is 65.5 Å². The maximum Gasteiger partial charge on any atom is 0.307 e. The van der Waals surface area contributed by atoms with Gasteiger partial charge in [-0.15, -0.1) is 0 Å². The summed E-state index contributed by atoms with van der Waals surface area (Å²) in [4.78, 5) is 24.2. The van der Waals surface area contributed by atoms with Gasteiger partial charge in [-0.2, -0.15) is 0 Å². The summed E-state index contributed by atoms with van der Waals surface area (Å²) in [5.74, 6) is -0.854. The van der Waals surface area contributed by atoms with E-state index in [1.807, 2.05) is 0 Å². The summed E-state index contributed by atoms with van der Waals surface area (Å²) in [5, 5.41) is 2.77. The fraction of sp³-hybridized carbons (Fsp3) is 0.222. The van der Waals surface area contributed by atoms with Crippen LogP contribution < -0.4 is 10.1 Å². The van der Waals surface area contributed by atoms with Gasteiger partial charge in [-0.05, 0) is 29.8 Å². The fourth-order valence-corrected chi connectivity index (χ4v) is 2.27. The number of benzene rings is 2. The monoisotopic (exact) mass is 331 g/mol. The molecular formula is C18H18FNO4. The Morgan fingerprint density at radius 3 is 2.38 bits per heavy atom. The molecule has 24 heavy (non-hydrogen) atoms. The molecule has 1 N–H and O–H groups in total. The minimum absolute atomic E-state index is 0.0664. The summed E-state index contributed by atoms with van der Waals surface area (Å²) >= 11 is 0. The predicted octanol–water partition coefficient (Wildman–Crippen LogP) is 2.87. The first-order chi connectivity index (χ1) is 11.5. The number of halogens is 1. The molecule has 0 spiro atoms. The van der Waals surface area contributed by atoms with Gasteiger partial charge in [-0.1, -0.05) is 24.3 Å². The zero-order valence-corrected chi connectivity index (χ0v) is 13.4. The van der Waals surface area contributed by atoms with E-state index in [1.165, 1.54) is 38.5 Å². The molecular weight excluding hydrogens is 313 g/mol. The largest absolute Gasteiger partial charge is 0.496 e. The number of para-hydroxylation sites is 1. The number of carbonyl (C=O) groups excluding carboxylic acids is 2. The first-order valence-corrected chi connectivity index (χ1v) is 7.31. The first-order valence-electron chi connectivity index (χ1n) is 7.31. The summed E-state index contributed by atoms with van der Waals surface area (Å²) < 4.78 is 22.9. The minimum Gasteiger partial charge on any atom is -0.496 e. The molecule has 0 unspecified atom stereocenters. The number of hydrogen-bond donors (Lipinski definition) is 1. The molecule has 1 atom stereocenters. The predicted molar refractivity (Wildman–Crippen MR) is 86.2 cm³/mol. The third-order valence-corrected chi connectivity index (χ3v) is 3.53. The Bertz CT molecular complexity index is 715. The van der Waals surface area contributed by atoms with E-state index in [9.17, 15) is 14.0 Å². The number of methoxy groups -OCH3 is 2. The third-order valence-electron chi connectivity index (χ3n) is 3.53. The number of amides is 1. The Labute approximate surface area is 139 Å². The van der Waals surface area contributed by atoms with Gasteiger partial charge in [0, 0.05) is 0 Å². The van der Waals surface area contributed by atoms with Crippen molar-refractivity contribution in [2.24, 2.45) is 0 Å². The summed E-state index contributed by atoms with van der Waals surface area (Å²) in [6, 6.07) is 11.7. The number of hydrogen-bond acceptors (Lipinski definition) is 4. The van der Waals surface area contributed by atoms with E-state index in [1.54, 1.807) is 24.3 Å². The molecule has 0 aliphatic heterocycles. The SMILES string of the molecule is COC(=O)C[C@H](NC(=O)c1ccccc1OC)c1ccc(F)cc1. The average Bonchev–Trinajstić information content (AvgIpc) is 2.61. The lowest BCUT2D eigenvalue weighted by molar-refractivity contribution is -0.141. The molecule has 6 heteroatoms. The van der Waals surface area contributed by atoms with Crippen LogP contribution >= 0.6 is 0 Å². The lowest BCUT2D eigenvalue weighted by Gasteiger charge is -2.19. The highest BCUT2D eigenvalue weighted by Crippen LogP contribution is 2.22. The molecule has 2 aromatic rings. The van der Waals surface area contributed by atoms with Crippen LogP contribution in [0.15, 0.2) is 48.5 Å². The molecule has 2 aromatic carbocycles. The van der Waals surface area contributed by atoms with Crippen LogP contribution in [0.3, 0.4) is 0 Å². The molecule has 0 aromatic heterocycles. The van der Waals surface area contributed by atoms with Crippen LogP contribution in [0.5, 0.6) is 5.75 Å². The van der Waals surface area contributed by atoms with Gasteiger partial charge in [-0.3, -0.25) is 9.59 Å². The Morgan fingerprint density at radius 2 is 1.75 bits per heavy atom. The lowest BCUT2D eigenvalue weighted by atomic mass is 10.0. The van der Waals surface area contributed by atoms with Crippen molar-refractivity contribution >= 4 is 11.9 Å². The summed E-state index contributed by atoms with van der Waals surface area (Å²) in [6.07, 6.45) is -0.0664. The summed E-state index contributed by atoms with van der Waals surface area (Å²) in [6.45, 7) is 0. The quantitative estimate of drug-likeness (QED) is 0.827. The van der Waals surface area contributed by atoms with E-state index in [0.29, 0.717) is 16.9 Å². The van der Waals surface area contributed by atoms with Crippen molar-refractivity contribution in [1.82, 2.24) is 5.32 Å². The van der Waals surface area contributed by atoms with E-state index in [0.717, 1.165) is 0 Å². The van der Waals surface area contributed by atoms with Gasteiger partial charge < -0.3 is 14.8 Å². The fourth-order valence-electron chi connectivity index (χ4n) is 2.27. The van der Waals surface area contributed by atoms with Crippen LogP contribution in [0, 0.1) is 5.82 Å².